The van der Waals surface area contributed by atoms with Gasteiger partial charge in [-0.05, 0) is 101 Å². The van der Waals surface area contributed by atoms with Crippen LogP contribution in [0, 0.1) is 0 Å². The molecule has 0 fully saturated rings. The van der Waals surface area contributed by atoms with Crippen molar-refractivity contribution in [2.45, 2.75) is 6.42 Å². The smallest absolute Gasteiger partial charge is 0.000749 e. The molecular formula is C43H30. The van der Waals surface area contributed by atoms with Crippen LogP contribution in [0.25, 0.3) is 44.2 Å². The molecule has 0 radical (unpaired) electrons. The standard InChI is InChI=1S/C43H30/c1-2-12-30(13-3-1)33-17-11-20-38(28-33)43-39-21-7-6-16-37(39)29-42(40-22-8-9-23-41(40)43)36-19-10-18-34(27-36)35-25-24-31-14-4-5-15-32(31)26-35/h1-28H,29H2. The largest absolute Gasteiger partial charge is 0.0622 e. The minimum absolute atomic E-state index is 0.871. The SMILES string of the molecule is c1ccc(-c2cccc(C3=c4ccccc4=C(c4cccc(-c5ccc6ccccc6c5)c4)Cc4ccccc43)c2)cc1. The lowest BCUT2D eigenvalue weighted by atomic mass is 9.89. The summed E-state index contributed by atoms with van der Waals surface area (Å²) >= 11 is 0. The highest BCUT2D eigenvalue weighted by atomic mass is 14.2. The molecule has 1 aliphatic carbocycles. The maximum absolute atomic E-state index is 2.37. The molecule has 0 saturated carbocycles. The lowest BCUT2D eigenvalue weighted by Crippen LogP contribution is -2.29. The van der Waals surface area contributed by atoms with Gasteiger partial charge in [0, 0.05) is 0 Å². The Morgan fingerprint density at radius 2 is 0.907 bits per heavy atom. The van der Waals surface area contributed by atoms with E-state index in [2.05, 4.69) is 170 Å². The van der Waals surface area contributed by atoms with Gasteiger partial charge in [-0.2, -0.15) is 0 Å². The molecule has 7 aromatic carbocycles. The maximum Gasteiger partial charge on any atom is -0.000749 e. The third-order valence-corrected chi connectivity index (χ3v) is 8.73. The van der Waals surface area contributed by atoms with Crippen molar-refractivity contribution in [3.8, 4) is 22.3 Å². The van der Waals surface area contributed by atoms with Crippen LogP contribution in [0.2, 0.25) is 0 Å². The molecule has 7 aromatic rings. The van der Waals surface area contributed by atoms with Crippen molar-refractivity contribution in [2.24, 2.45) is 0 Å². The minimum Gasteiger partial charge on any atom is -0.0622 e. The summed E-state index contributed by atoms with van der Waals surface area (Å²) in [5.74, 6) is 0. The van der Waals surface area contributed by atoms with Crippen molar-refractivity contribution in [1.29, 1.82) is 0 Å². The van der Waals surface area contributed by atoms with E-state index in [1.54, 1.807) is 0 Å². The number of hydrogen-bond acceptors (Lipinski definition) is 0. The van der Waals surface area contributed by atoms with Gasteiger partial charge in [0.05, 0.1) is 0 Å². The quantitative estimate of drug-likeness (QED) is 0.206. The molecule has 0 N–H and O–H groups in total. The van der Waals surface area contributed by atoms with Crippen LogP contribution in [0.1, 0.15) is 22.3 Å². The zero-order chi connectivity index (χ0) is 28.6. The first-order chi connectivity index (χ1) is 21.3. The summed E-state index contributed by atoms with van der Waals surface area (Å²) in [7, 11) is 0. The molecule has 0 spiro atoms. The Bertz CT molecular complexity index is 2250. The van der Waals surface area contributed by atoms with E-state index in [9.17, 15) is 0 Å². The Kier molecular flexibility index (Phi) is 6.31. The van der Waals surface area contributed by atoms with Gasteiger partial charge in [0.15, 0.2) is 0 Å². The molecule has 0 unspecified atom stereocenters. The predicted molar refractivity (Wildman–Crippen MR) is 181 cm³/mol. The van der Waals surface area contributed by atoms with E-state index in [4.69, 9.17) is 0 Å². The fourth-order valence-corrected chi connectivity index (χ4v) is 6.62. The Balaban J connectivity index is 1.37. The van der Waals surface area contributed by atoms with Crippen LogP contribution in [-0.4, -0.2) is 0 Å². The molecule has 0 nitrogen and oxygen atoms in total. The summed E-state index contributed by atoms with van der Waals surface area (Å²) in [6, 6.07) is 62.1. The minimum atomic E-state index is 0.871. The van der Waals surface area contributed by atoms with Gasteiger partial charge >= 0.3 is 0 Å². The van der Waals surface area contributed by atoms with Crippen LogP contribution in [0.15, 0.2) is 170 Å². The molecule has 0 heteroatoms. The number of rotatable bonds is 4. The second-order valence-corrected chi connectivity index (χ2v) is 11.3. The summed E-state index contributed by atoms with van der Waals surface area (Å²) in [5, 5.41) is 5.12. The van der Waals surface area contributed by atoms with Gasteiger partial charge in [-0.25, -0.2) is 0 Å². The third kappa shape index (κ3) is 4.68. The van der Waals surface area contributed by atoms with Crippen molar-refractivity contribution >= 4 is 21.9 Å². The van der Waals surface area contributed by atoms with E-state index in [0.29, 0.717) is 0 Å². The number of hydrogen-bond donors (Lipinski definition) is 0. The Hall–Kier alpha value is -5.46. The first-order valence-electron chi connectivity index (χ1n) is 15.0. The summed E-state index contributed by atoms with van der Waals surface area (Å²) in [6.45, 7) is 0. The zero-order valence-electron chi connectivity index (χ0n) is 23.9. The van der Waals surface area contributed by atoms with E-state index in [-0.39, 0.29) is 0 Å². The molecular weight excluding hydrogens is 516 g/mol. The lowest BCUT2D eigenvalue weighted by molar-refractivity contribution is 1.25. The summed E-state index contributed by atoms with van der Waals surface area (Å²) in [5.41, 5.74) is 12.8. The number of fused-ring (bicyclic) bond motifs is 3. The second kappa shape index (κ2) is 10.7. The van der Waals surface area contributed by atoms with Crippen LogP contribution in [0.5, 0.6) is 0 Å². The third-order valence-electron chi connectivity index (χ3n) is 8.73. The van der Waals surface area contributed by atoms with Gasteiger partial charge < -0.3 is 0 Å². The molecule has 0 heterocycles. The molecule has 0 bridgehead atoms. The van der Waals surface area contributed by atoms with E-state index in [1.165, 1.54) is 76.9 Å². The van der Waals surface area contributed by atoms with Crippen LogP contribution in [0.3, 0.4) is 0 Å². The summed E-state index contributed by atoms with van der Waals surface area (Å²) in [4.78, 5) is 0. The molecule has 0 atom stereocenters. The second-order valence-electron chi connectivity index (χ2n) is 11.3. The van der Waals surface area contributed by atoms with E-state index in [0.717, 1.165) is 6.42 Å². The molecule has 1 aliphatic rings. The average molecular weight is 547 g/mol. The first-order valence-corrected chi connectivity index (χ1v) is 15.0. The van der Waals surface area contributed by atoms with Crippen molar-refractivity contribution in [1.82, 2.24) is 0 Å². The van der Waals surface area contributed by atoms with Gasteiger partial charge in [-0.3, -0.25) is 0 Å². The van der Waals surface area contributed by atoms with E-state index >= 15 is 0 Å². The normalized spacial score (nSPS) is 12.5. The van der Waals surface area contributed by atoms with Crippen LogP contribution < -0.4 is 10.4 Å². The monoisotopic (exact) mass is 546 g/mol. The van der Waals surface area contributed by atoms with Crippen molar-refractivity contribution in [2.75, 3.05) is 0 Å². The Morgan fingerprint density at radius 1 is 0.326 bits per heavy atom. The van der Waals surface area contributed by atoms with Crippen LogP contribution in [-0.2, 0) is 6.42 Å². The van der Waals surface area contributed by atoms with Gasteiger partial charge in [0.25, 0.3) is 0 Å². The predicted octanol–water partition coefficient (Wildman–Crippen LogP) is 9.18. The first kappa shape index (κ1) is 25.3. The fourth-order valence-electron chi connectivity index (χ4n) is 6.62. The van der Waals surface area contributed by atoms with Gasteiger partial charge in [0.1, 0.15) is 0 Å². The lowest BCUT2D eigenvalue weighted by Gasteiger charge is -2.14. The molecule has 43 heavy (non-hydrogen) atoms. The van der Waals surface area contributed by atoms with Crippen LogP contribution in [0.4, 0.5) is 0 Å². The molecule has 8 rings (SSSR count). The highest BCUT2D eigenvalue weighted by Crippen LogP contribution is 2.33. The maximum atomic E-state index is 2.37. The van der Waals surface area contributed by atoms with Crippen molar-refractivity contribution in [3.05, 3.63) is 203 Å². The van der Waals surface area contributed by atoms with Gasteiger partial charge in [-0.15, -0.1) is 0 Å². The average Bonchev–Trinajstić information content (AvgIpc) is 3.23. The molecule has 0 saturated heterocycles. The summed E-state index contributed by atoms with van der Waals surface area (Å²) < 4.78 is 0. The van der Waals surface area contributed by atoms with Crippen molar-refractivity contribution in [3.63, 3.8) is 0 Å². The molecule has 0 amide bonds. The molecule has 0 aromatic heterocycles. The van der Waals surface area contributed by atoms with E-state index < -0.39 is 0 Å². The molecule has 202 valence electrons. The molecule has 0 aliphatic heterocycles. The Morgan fingerprint density at radius 3 is 1.77 bits per heavy atom. The van der Waals surface area contributed by atoms with Gasteiger partial charge in [-0.1, -0.05) is 152 Å². The highest BCUT2D eigenvalue weighted by molar-refractivity contribution is 5.89. The number of benzene rings is 7. The fraction of sp³-hybridized carbons (Fsp3) is 0.0233. The van der Waals surface area contributed by atoms with Gasteiger partial charge in [0.2, 0.25) is 0 Å². The van der Waals surface area contributed by atoms with Crippen LogP contribution >= 0.6 is 0 Å². The highest BCUT2D eigenvalue weighted by Gasteiger charge is 2.19. The van der Waals surface area contributed by atoms with E-state index in [1.807, 2.05) is 0 Å². The summed E-state index contributed by atoms with van der Waals surface area (Å²) in [6.07, 6.45) is 0.871. The Labute approximate surface area is 252 Å². The zero-order valence-corrected chi connectivity index (χ0v) is 23.9. The van der Waals surface area contributed by atoms with Crippen molar-refractivity contribution < 1.29 is 0 Å². The topological polar surface area (TPSA) is 0 Å².